The van der Waals surface area contributed by atoms with E-state index in [4.69, 9.17) is 16.3 Å². The van der Waals surface area contributed by atoms with E-state index in [2.05, 4.69) is 9.97 Å². The molecule has 0 aliphatic carbocycles. The topological polar surface area (TPSA) is 58.6 Å². The summed E-state index contributed by atoms with van der Waals surface area (Å²) in [6.45, 7) is 1.05. The van der Waals surface area contributed by atoms with Gasteiger partial charge in [-0.2, -0.15) is 0 Å². The van der Waals surface area contributed by atoms with Crippen molar-refractivity contribution in [1.29, 1.82) is 0 Å². The Labute approximate surface area is 149 Å². The number of anilines is 1. The molecule has 126 valence electrons. The van der Waals surface area contributed by atoms with Crippen molar-refractivity contribution >= 4 is 35.1 Å². The molecule has 24 heavy (non-hydrogen) atoms. The number of amides is 1. The van der Waals surface area contributed by atoms with Gasteiger partial charge in [-0.25, -0.2) is 9.97 Å². The number of rotatable bonds is 4. The maximum Gasteiger partial charge on any atom is 0.261 e. The van der Waals surface area contributed by atoms with Crippen LogP contribution in [-0.4, -0.2) is 47.9 Å². The lowest BCUT2D eigenvalue weighted by Crippen LogP contribution is -2.45. The smallest absolute Gasteiger partial charge is 0.261 e. The number of ether oxygens (including phenoxy) is 1. The van der Waals surface area contributed by atoms with Gasteiger partial charge in [0.1, 0.15) is 22.3 Å². The van der Waals surface area contributed by atoms with Crippen molar-refractivity contribution < 1.29 is 9.53 Å². The molecule has 0 bridgehead atoms. The van der Waals surface area contributed by atoms with E-state index in [-0.39, 0.29) is 11.1 Å². The van der Waals surface area contributed by atoms with Crippen molar-refractivity contribution in [3.63, 3.8) is 0 Å². The molecule has 8 heteroatoms. The van der Waals surface area contributed by atoms with Crippen molar-refractivity contribution in [2.75, 3.05) is 32.0 Å². The lowest BCUT2D eigenvalue weighted by molar-refractivity contribution is 0.0779. The van der Waals surface area contributed by atoms with Crippen molar-refractivity contribution in [1.82, 2.24) is 14.9 Å². The maximum atomic E-state index is 12.4. The minimum Gasteiger partial charge on any atom is -0.497 e. The lowest BCUT2D eigenvalue weighted by Gasteiger charge is -2.35. The van der Waals surface area contributed by atoms with E-state index >= 15 is 0 Å². The Morgan fingerprint density at radius 2 is 2.00 bits per heavy atom. The Morgan fingerprint density at radius 1 is 1.29 bits per heavy atom. The Hall–Kier alpha value is -1.99. The van der Waals surface area contributed by atoms with Gasteiger partial charge < -0.3 is 14.5 Å². The molecule has 0 saturated carbocycles. The summed E-state index contributed by atoms with van der Waals surface area (Å²) in [4.78, 5) is 24.8. The first-order chi connectivity index (χ1) is 11.5. The molecule has 1 amide bonds. The Kier molecular flexibility index (Phi) is 4.82. The monoisotopic (exact) mass is 364 g/mol. The van der Waals surface area contributed by atoms with Crippen LogP contribution in [0.4, 0.5) is 5.82 Å². The van der Waals surface area contributed by atoms with Gasteiger partial charge in [-0.15, -0.1) is 0 Å². The van der Waals surface area contributed by atoms with Crippen LogP contribution in [0.1, 0.15) is 15.9 Å². The standard InChI is InChI=1S/C16H17ClN4O2S/c1-20-9-21(8-10-4-6-11(23-2)7-5-10)14-12(15(20)22)13(17)18-16(19-14)24-3/h4-7H,8-9H2,1-3H3. The number of carbonyl (C=O) groups excluding carboxylic acids is 1. The molecule has 0 saturated heterocycles. The number of methoxy groups -OCH3 is 1. The average molecular weight is 365 g/mol. The first-order valence-electron chi connectivity index (χ1n) is 7.28. The second kappa shape index (κ2) is 6.86. The van der Waals surface area contributed by atoms with Gasteiger partial charge in [0, 0.05) is 13.6 Å². The minimum atomic E-state index is -0.159. The molecule has 0 N–H and O–H groups in total. The second-order valence-electron chi connectivity index (χ2n) is 5.39. The molecule has 0 spiro atoms. The predicted octanol–water partition coefficient (Wildman–Crippen LogP) is 2.91. The molecule has 0 unspecified atom stereocenters. The molecule has 1 aliphatic rings. The van der Waals surface area contributed by atoms with Crippen LogP contribution in [0.3, 0.4) is 0 Å². The molecule has 1 aromatic carbocycles. The summed E-state index contributed by atoms with van der Waals surface area (Å²) < 4.78 is 5.19. The zero-order valence-electron chi connectivity index (χ0n) is 13.6. The molecule has 1 aromatic heterocycles. The SMILES string of the molecule is COc1ccc(CN2CN(C)C(=O)c3c(Cl)nc(SC)nc32)cc1. The van der Waals surface area contributed by atoms with Gasteiger partial charge in [-0.05, 0) is 24.0 Å². The number of carbonyl (C=O) groups is 1. The quantitative estimate of drug-likeness (QED) is 0.472. The van der Waals surface area contributed by atoms with Gasteiger partial charge in [0.05, 0.1) is 13.8 Å². The van der Waals surface area contributed by atoms with Gasteiger partial charge >= 0.3 is 0 Å². The third kappa shape index (κ3) is 3.14. The van der Waals surface area contributed by atoms with Gasteiger partial charge in [-0.1, -0.05) is 35.5 Å². The van der Waals surface area contributed by atoms with Gasteiger partial charge in [-0.3, -0.25) is 4.79 Å². The van der Waals surface area contributed by atoms with Gasteiger partial charge in [0.2, 0.25) is 0 Å². The second-order valence-corrected chi connectivity index (χ2v) is 6.52. The van der Waals surface area contributed by atoms with Crippen molar-refractivity contribution in [2.24, 2.45) is 0 Å². The van der Waals surface area contributed by atoms with E-state index in [9.17, 15) is 4.79 Å². The highest BCUT2D eigenvalue weighted by Gasteiger charge is 2.32. The lowest BCUT2D eigenvalue weighted by atomic mass is 10.1. The highest BCUT2D eigenvalue weighted by molar-refractivity contribution is 7.98. The van der Waals surface area contributed by atoms with Crippen LogP contribution >= 0.6 is 23.4 Å². The Morgan fingerprint density at radius 3 is 2.62 bits per heavy atom. The zero-order chi connectivity index (χ0) is 17.3. The van der Waals surface area contributed by atoms with E-state index < -0.39 is 0 Å². The van der Waals surface area contributed by atoms with Crippen molar-refractivity contribution in [3.8, 4) is 5.75 Å². The van der Waals surface area contributed by atoms with Crippen LogP contribution in [0.25, 0.3) is 0 Å². The number of thioether (sulfide) groups is 1. The third-order valence-corrected chi connectivity index (χ3v) is 4.60. The molecule has 6 nitrogen and oxygen atoms in total. The molecule has 1 aliphatic heterocycles. The minimum absolute atomic E-state index is 0.159. The van der Waals surface area contributed by atoms with Crippen LogP contribution in [0.2, 0.25) is 5.15 Å². The van der Waals surface area contributed by atoms with Crippen molar-refractivity contribution in [2.45, 2.75) is 11.7 Å². The van der Waals surface area contributed by atoms with E-state index in [1.807, 2.05) is 35.4 Å². The first-order valence-corrected chi connectivity index (χ1v) is 8.88. The zero-order valence-corrected chi connectivity index (χ0v) is 15.2. The largest absolute Gasteiger partial charge is 0.497 e. The Balaban J connectivity index is 1.98. The van der Waals surface area contributed by atoms with Crippen LogP contribution < -0.4 is 9.64 Å². The number of nitrogens with zero attached hydrogens (tertiary/aromatic N) is 4. The van der Waals surface area contributed by atoms with Crippen molar-refractivity contribution in [3.05, 3.63) is 40.5 Å². The fourth-order valence-corrected chi connectivity index (χ4v) is 3.22. The third-order valence-electron chi connectivity index (χ3n) is 3.78. The first kappa shape index (κ1) is 16.9. The van der Waals surface area contributed by atoms with Crippen LogP contribution in [0.15, 0.2) is 29.4 Å². The van der Waals surface area contributed by atoms with E-state index in [1.165, 1.54) is 11.8 Å². The summed E-state index contributed by atoms with van der Waals surface area (Å²) in [6, 6.07) is 7.81. The summed E-state index contributed by atoms with van der Waals surface area (Å²) in [7, 11) is 3.38. The fourth-order valence-electron chi connectivity index (χ4n) is 2.56. The fraction of sp³-hybridized carbons (Fsp3) is 0.312. The number of hydrogen-bond acceptors (Lipinski definition) is 6. The van der Waals surface area contributed by atoms with E-state index in [0.29, 0.717) is 29.8 Å². The molecule has 0 atom stereocenters. The van der Waals surface area contributed by atoms with Gasteiger partial charge in [0.25, 0.3) is 5.91 Å². The van der Waals surface area contributed by atoms with Crippen LogP contribution in [0, 0.1) is 0 Å². The average Bonchev–Trinajstić information content (AvgIpc) is 2.59. The molecular weight excluding hydrogens is 348 g/mol. The number of halogens is 1. The molecule has 0 fully saturated rings. The van der Waals surface area contributed by atoms with Crippen LogP contribution in [0.5, 0.6) is 5.75 Å². The van der Waals surface area contributed by atoms with Gasteiger partial charge in [0.15, 0.2) is 5.16 Å². The van der Waals surface area contributed by atoms with Crippen LogP contribution in [-0.2, 0) is 6.54 Å². The summed E-state index contributed by atoms with van der Waals surface area (Å²) >= 11 is 7.64. The summed E-state index contributed by atoms with van der Waals surface area (Å²) in [5.41, 5.74) is 1.45. The molecular formula is C16H17ClN4O2S. The number of aromatic nitrogens is 2. The molecule has 2 aromatic rings. The summed E-state index contributed by atoms with van der Waals surface area (Å²) in [5.74, 6) is 1.23. The molecule has 2 heterocycles. The number of benzene rings is 1. The molecule has 3 rings (SSSR count). The Bertz CT molecular complexity index is 769. The summed E-state index contributed by atoms with van der Waals surface area (Å²) in [5, 5.41) is 0.747. The van der Waals surface area contributed by atoms with E-state index in [0.717, 1.165) is 11.3 Å². The highest BCUT2D eigenvalue weighted by atomic mass is 35.5. The number of hydrogen-bond donors (Lipinski definition) is 0. The molecule has 0 radical (unpaired) electrons. The highest BCUT2D eigenvalue weighted by Crippen LogP contribution is 2.32. The normalized spacial score (nSPS) is 13.9. The van der Waals surface area contributed by atoms with E-state index in [1.54, 1.807) is 19.1 Å². The number of fused-ring (bicyclic) bond motifs is 1. The maximum absolute atomic E-state index is 12.4. The summed E-state index contributed by atoms with van der Waals surface area (Å²) in [6.07, 6.45) is 1.88. The predicted molar refractivity (Wildman–Crippen MR) is 95.0 cm³/mol.